The van der Waals surface area contributed by atoms with E-state index in [1.54, 1.807) is 17.0 Å². The van der Waals surface area contributed by atoms with Gasteiger partial charge in [0.15, 0.2) is 11.5 Å². The Bertz CT molecular complexity index is 600. The monoisotopic (exact) mass is 290 g/mol. The minimum absolute atomic E-state index is 0.132. The van der Waals surface area contributed by atoms with Gasteiger partial charge in [0.1, 0.15) is 6.04 Å². The molecule has 2 aliphatic rings. The van der Waals surface area contributed by atoms with Crippen LogP contribution in [0.2, 0.25) is 0 Å². The first kappa shape index (κ1) is 13.7. The summed E-state index contributed by atoms with van der Waals surface area (Å²) in [5, 5.41) is 2.84. The van der Waals surface area contributed by atoms with Crippen LogP contribution >= 0.6 is 0 Å². The van der Waals surface area contributed by atoms with Gasteiger partial charge in [0.05, 0.1) is 25.0 Å². The second kappa shape index (κ2) is 5.27. The van der Waals surface area contributed by atoms with Crippen LogP contribution in [-0.4, -0.2) is 43.0 Å². The maximum Gasteiger partial charge on any atom is 0.256 e. The van der Waals surface area contributed by atoms with Crippen LogP contribution in [0.3, 0.4) is 0 Å². The van der Waals surface area contributed by atoms with Gasteiger partial charge in [-0.05, 0) is 25.8 Å². The highest BCUT2D eigenvalue weighted by atomic mass is 16.5. The van der Waals surface area contributed by atoms with Crippen LogP contribution in [0, 0.1) is 0 Å². The number of nitrogens with zero attached hydrogens (tertiary/aromatic N) is 1. The number of hydrogen-bond donors (Lipinski definition) is 1. The molecule has 0 bridgehead atoms. The molecule has 1 fully saturated rings. The molecular weight excluding hydrogens is 272 g/mol. The molecule has 1 saturated heterocycles. The second-order valence-electron chi connectivity index (χ2n) is 5.13. The van der Waals surface area contributed by atoms with Gasteiger partial charge in [0.2, 0.25) is 5.91 Å². The molecule has 0 spiro atoms. The number of anilines is 1. The number of nitrogens with one attached hydrogen (secondary N) is 1. The first-order valence-corrected chi connectivity index (χ1v) is 7.12. The zero-order chi connectivity index (χ0) is 15.0. The van der Waals surface area contributed by atoms with Gasteiger partial charge in [-0.2, -0.15) is 0 Å². The number of amides is 2. The molecule has 2 amide bonds. The van der Waals surface area contributed by atoms with Crippen LogP contribution in [0.1, 0.15) is 30.1 Å². The molecule has 3 rings (SSSR count). The highest BCUT2D eigenvalue weighted by molar-refractivity contribution is 6.10. The minimum Gasteiger partial charge on any atom is -0.493 e. The number of methoxy groups -OCH3 is 1. The summed E-state index contributed by atoms with van der Waals surface area (Å²) in [4.78, 5) is 26.5. The highest BCUT2D eigenvalue weighted by Gasteiger charge is 2.38. The smallest absolute Gasteiger partial charge is 0.256 e. The Kier molecular flexibility index (Phi) is 3.45. The first-order valence-electron chi connectivity index (χ1n) is 7.12. The normalized spacial score (nSPS) is 20.5. The predicted octanol–water partition coefficient (Wildman–Crippen LogP) is 1.65. The molecule has 2 heterocycles. The van der Waals surface area contributed by atoms with Crippen LogP contribution in [-0.2, 0) is 4.79 Å². The molecule has 1 N–H and O–H groups in total. The van der Waals surface area contributed by atoms with E-state index >= 15 is 0 Å². The molecular formula is C15H18N2O4. The van der Waals surface area contributed by atoms with Gasteiger partial charge < -0.3 is 19.7 Å². The topological polar surface area (TPSA) is 67.9 Å². The Labute approximate surface area is 123 Å². The lowest BCUT2D eigenvalue weighted by molar-refractivity contribution is -0.119. The van der Waals surface area contributed by atoms with Crippen LogP contribution < -0.4 is 14.8 Å². The number of rotatable bonds is 3. The lowest BCUT2D eigenvalue weighted by Crippen LogP contribution is -2.40. The average molecular weight is 290 g/mol. The van der Waals surface area contributed by atoms with Gasteiger partial charge in [-0.1, -0.05) is 0 Å². The zero-order valence-corrected chi connectivity index (χ0v) is 12.1. The van der Waals surface area contributed by atoms with E-state index in [9.17, 15) is 9.59 Å². The summed E-state index contributed by atoms with van der Waals surface area (Å²) in [7, 11) is 1.53. The highest BCUT2D eigenvalue weighted by Crippen LogP contribution is 2.37. The molecule has 2 aliphatic heterocycles. The van der Waals surface area contributed by atoms with Crippen molar-refractivity contribution < 1.29 is 19.1 Å². The quantitative estimate of drug-likeness (QED) is 0.919. The van der Waals surface area contributed by atoms with Crippen molar-refractivity contribution in [2.45, 2.75) is 25.8 Å². The van der Waals surface area contributed by atoms with Crippen molar-refractivity contribution in [3.05, 3.63) is 17.7 Å². The van der Waals surface area contributed by atoms with Crippen molar-refractivity contribution >= 4 is 17.5 Å². The van der Waals surface area contributed by atoms with Gasteiger partial charge >= 0.3 is 0 Å². The standard InChI is InChI=1S/C15H18N2O4/c1-3-21-13-8-10-9(7-12(13)20-2)15(19)17-6-4-5-11(17)14(18)16-10/h7-8,11H,3-6H2,1-2H3,(H,16,18)/t11-/m0/s1. The fourth-order valence-electron chi connectivity index (χ4n) is 2.92. The molecule has 0 aromatic heterocycles. The molecule has 0 unspecified atom stereocenters. The molecule has 6 nitrogen and oxygen atoms in total. The van der Waals surface area contributed by atoms with Crippen molar-refractivity contribution in [1.82, 2.24) is 4.90 Å². The lowest BCUT2D eigenvalue weighted by Gasteiger charge is -2.20. The van der Waals surface area contributed by atoms with Gasteiger partial charge in [0, 0.05) is 12.6 Å². The largest absolute Gasteiger partial charge is 0.493 e. The van der Waals surface area contributed by atoms with Crippen molar-refractivity contribution in [3.8, 4) is 11.5 Å². The summed E-state index contributed by atoms with van der Waals surface area (Å²) >= 11 is 0. The van der Waals surface area contributed by atoms with E-state index in [0.29, 0.717) is 42.3 Å². The summed E-state index contributed by atoms with van der Waals surface area (Å²) in [5.41, 5.74) is 0.941. The number of carbonyl (C=O) groups is 2. The van der Waals surface area contributed by atoms with Crippen molar-refractivity contribution in [3.63, 3.8) is 0 Å². The summed E-state index contributed by atoms with van der Waals surface area (Å²) in [6, 6.07) is 2.94. The van der Waals surface area contributed by atoms with Crippen LogP contribution in [0.4, 0.5) is 5.69 Å². The molecule has 0 radical (unpaired) electrons. The number of benzene rings is 1. The van der Waals surface area contributed by atoms with Crippen LogP contribution in [0.25, 0.3) is 0 Å². The van der Waals surface area contributed by atoms with E-state index < -0.39 is 0 Å². The molecule has 0 aliphatic carbocycles. The first-order chi connectivity index (χ1) is 10.2. The predicted molar refractivity (Wildman–Crippen MR) is 76.9 cm³/mol. The molecule has 1 aromatic carbocycles. The van der Waals surface area contributed by atoms with Crippen molar-refractivity contribution in [1.29, 1.82) is 0 Å². The van der Waals surface area contributed by atoms with E-state index in [-0.39, 0.29) is 17.9 Å². The maximum atomic E-state index is 12.6. The fraction of sp³-hybridized carbons (Fsp3) is 0.467. The number of hydrogen-bond acceptors (Lipinski definition) is 4. The fourth-order valence-corrected chi connectivity index (χ4v) is 2.92. The zero-order valence-electron chi connectivity index (χ0n) is 12.1. The van der Waals surface area contributed by atoms with Gasteiger partial charge in [0.25, 0.3) is 5.91 Å². The van der Waals surface area contributed by atoms with Crippen LogP contribution in [0.15, 0.2) is 12.1 Å². The van der Waals surface area contributed by atoms with Gasteiger partial charge in [-0.3, -0.25) is 9.59 Å². The lowest BCUT2D eigenvalue weighted by atomic mass is 10.1. The number of ether oxygens (including phenoxy) is 2. The molecule has 1 atom stereocenters. The molecule has 21 heavy (non-hydrogen) atoms. The van der Waals surface area contributed by atoms with Gasteiger partial charge in [-0.15, -0.1) is 0 Å². The Morgan fingerprint density at radius 2 is 2.14 bits per heavy atom. The van der Waals surface area contributed by atoms with Gasteiger partial charge in [-0.25, -0.2) is 0 Å². The van der Waals surface area contributed by atoms with E-state index in [0.717, 1.165) is 6.42 Å². The SMILES string of the molecule is CCOc1cc2c(cc1OC)C(=O)N1CCC[C@H]1C(=O)N2. The van der Waals surface area contributed by atoms with E-state index in [1.807, 2.05) is 6.92 Å². The van der Waals surface area contributed by atoms with Crippen molar-refractivity contribution in [2.75, 3.05) is 25.6 Å². The minimum atomic E-state index is -0.369. The summed E-state index contributed by atoms with van der Waals surface area (Å²) in [5.74, 6) is 0.754. The molecule has 6 heteroatoms. The van der Waals surface area contributed by atoms with E-state index in [2.05, 4.69) is 5.32 Å². The third-order valence-corrected chi connectivity index (χ3v) is 3.91. The Morgan fingerprint density at radius 3 is 2.86 bits per heavy atom. The number of fused-ring (bicyclic) bond motifs is 2. The third kappa shape index (κ3) is 2.20. The van der Waals surface area contributed by atoms with Crippen molar-refractivity contribution in [2.24, 2.45) is 0 Å². The summed E-state index contributed by atoms with van der Waals surface area (Å²) in [6.45, 7) is 2.96. The Balaban J connectivity index is 2.09. The number of carbonyl (C=O) groups excluding carboxylic acids is 2. The van der Waals surface area contributed by atoms with E-state index in [4.69, 9.17) is 9.47 Å². The molecule has 112 valence electrons. The molecule has 0 saturated carbocycles. The summed E-state index contributed by atoms with van der Waals surface area (Å²) in [6.07, 6.45) is 1.56. The maximum absolute atomic E-state index is 12.6. The Morgan fingerprint density at radius 1 is 1.33 bits per heavy atom. The second-order valence-corrected chi connectivity index (χ2v) is 5.13. The third-order valence-electron chi connectivity index (χ3n) is 3.91. The van der Waals surface area contributed by atoms with E-state index in [1.165, 1.54) is 7.11 Å². The summed E-state index contributed by atoms with van der Waals surface area (Å²) < 4.78 is 10.8. The van der Waals surface area contributed by atoms with Crippen LogP contribution in [0.5, 0.6) is 11.5 Å². The Hall–Kier alpha value is -2.24. The average Bonchev–Trinajstić information content (AvgIpc) is 2.93. The molecule has 1 aromatic rings.